The van der Waals surface area contributed by atoms with E-state index in [0.717, 1.165) is 56.9 Å². The number of rotatable bonds is 10. The minimum atomic E-state index is -0.843. The second-order valence-electron chi connectivity index (χ2n) is 23.0. The summed E-state index contributed by atoms with van der Waals surface area (Å²) in [5, 5.41) is 15.8. The molecule has 1 heterocycles. The van der Waals surface area contributed by atoms with Crippen molar-refractivity contribution in [2.24, 2.45) is 68.0 Å². The zero-order chi connectivity index (χ0) is 44.2. The Balaban J connectivity index is 1.08. The van der Waals surface area contributed by atoms with Crippen LogP contribution >= 0.6 is 0 Å². The zero-order valence-electron chi connectivity index (χ0n) is 38.2. The van der Waals surface area contributed by atoms with Crippen molar-refractivity contribution in [3.63, 3.8) is 0 Å². The van der Waals surface area contributed by atoms with Gasteiger partial charge in [-0.05, 0) is 135 Å². The fourth-order valence-corrected chi connectivity index (χ4v) is 14.8. The molecule has 0 bridgehead atoms. The van der Waals surface area contributed by atoms with Gasteiger partial charge in [-0.1, -0.05) is 67.9 Å². The van der Waals surface area contributed by atoms with Crippen LogP contribution in [0.1, 0.15) is 157 Å². The van der Waals surface area contributed by atoms with E-state index < -0.39 is 34.2 Å². The molecule has 6 aliphatic rings. The Bertz CT molecular complexity index is 1990. The van der Waals surface area contributed by atoms with Crippen molar-refractivity contribution in [3.8, 4) is 0 Å². The van der Waals surface area contributed by atoms with Crippen LogP contribution in [0.25, 0.3) is 0 Å². The number of aromatic nitrogens is 1. The molecule has 7 rings (SSSR count). The lowest BCUT2D eigenvalue weighted by Crippen LogP contribution is -2.66. The van der Waals surface area contributed by atoms with E-state index in [1.165, 1.54) is 11.8 Å². The van der Waals surface area contributed by atoms with Crippen LogP contribution in [0.4, 0.5) is 5.82 Å². The van der Waals surface area contributed by atoms with Gasteiger partial charge in [-0.2, -0.15) is 0 Å². The number of carboxylic acids is 1. The van der Waals surface area contributed by atoms with Crippen molar-refractivity contribution in [1.29, 1.82) is 0 Å². The lowest BCUT2D eigenvalue weighted by atomic mass is 9.33. The van der Waals surface area contributed by atoms with E-state index in [0.29, 0.717) is 36.1 Å². The van der Waals surface area contributed by atoms with E-state index in [1.807, 2.05) is 27.7 Å². The molecule has 2 amide bonds. The molecule has 0 aromatic carbocycles. The van der Waals surface area contributed by atoms with Gasteiger partial charge in [-0.3, -0.25) is 24.0 Å². The second-order valence-corrected chi connectivity index (χ2v) is 23.0. The fourth-order valence-electron chi connectivity index (χ4n) is 14.8. The third-order valence-electron chi connectivity index (χ3n) is 18.3. The molecule has 5 fully saturated rings. The maximum absolute atomic E-state index is 14.2. The number of allylic oxidation sites excluding steroid dienone is 2. The first kappa shape index (κ1) is 44.3. The number of nitrogens with one attached hydrogen (secondary N) is 2. The van der Waals surface area contributed by atoms with Gasteiger partial charge >= 0.3 is 11.9 Å². The Hall–Kier alpha value is -3.76. The van der Waals surface area contributed by atoms with Gasteiger partial charge in [-0.15, -0.1) is 0 Å². The SMILES string of the molecule is CC(C)C1=C2[C@H]3CC[C@@H]4[C@@]5(C)CC[C@H](OC(=O)[C@H]6C[C@@H](C(=O)O)C6(C)C)C(C)(C)[C@@H]5CC[C@@]4(C)[C@]3(C)CC[C@@]2(CC(=O)NCC(C)(C)NC(=O)c2ccc(N)nc2)CC1=O. The number of ketones is 1. The Labute approximate surface area is 357 Å². The highest BCUT2D eigenvalue weighted by Gasteiger charge is 2.70. The van der Waals surface area contributed by atoms with E-state index in [1.54, 1.807) is 12.1 Å². The highest BCUT2D eigenvalue weighted by Crippen LogP contribution is 2.77. The first-order chi connectivity index (χ1) is 27.7. The smallest absolute Gasteiger partial charge is 0.309 e. The van der Waals surface area contributed by atoms with E-state index in [2.05, 4.69) is 64.1 Å². The summed E-state index contributed by atoms with van der Waals surface area (Å²) in [5.41, 5.74) is 6.20. The van der Waals surface area contributed by atoms with E-state index >= 15 is 0 Å². The number of pyridine rings is 1. The molecule has 0 spiro atoms. The number of esters is 1. The summed E-state index contributed by atoms with van der Waals surface area (Å²) in [5.74, 6) is -0.780. The maximum atomic E-state index is 14.2. The van der Waals surface area contributed by atoms with Crippen LogP contribution in [0.3, 0.4) is 0 Å². The predicted molar refractivity (Wildman–Crippen MR) is 230 cm³/mol. The number of hydrogen-bond acceptors (Lipinski definition) is 8. The molecule has 0 saturated heterocycles. The number of carbonyl (C=O) groups is 5. The van der Waals surface area contributed by atoms with Crippen molar-refractivity contribution in [3.05, 3.63) is 35.0 Å². The van der Waals surface area contributed by atoms with Gasteiger partial charge in [0.2, 0.25) is 5.91 Å². The summed E-state index contributed by atoms with van der Waals surface area (Å²) in [6.07, 6.45) is 9.85. The molecule has 0 unspecified atom stereocenters. The van der Waals surface area contributed by atoms with Gasteiger partial charge in [0.1, 0.15) is 11.9 Å². The number of ether oxygens (including phenoxy) is 1. The van der Waals surface area contributed by atoms with E-state index in [4.69, 9.17) is 10.5 Å². The quantitative estimate of drug-likeness (QED) is 0.169. The Morgan fingerprint density at radius 3 is 2.22 bits per heavy atom. The number of nitrogens with zero attached hydrogens (tertiary/aromatic N) is 1. The largest absolute Gasteiger partial charge is 0.481 e. The molecule has 0 radical (unpaired) electrons. The van der Waals surface area contributed by atoms with Crippen molar-refractivity contribution in [2.75, 3.05) is 12.3 Å². The average molecular weight is 829 g/mol. The third-order valence-corrected chi connectivity index (χ3v) is 18.3. The van der Waals surface area contributed by atoms with Crippen LogP contribution < -0.4 is 16.4 Å². The number of nitrogen functional groups attached to an aromatic ring is 1. The summed E-state index contributed by atoms with van der Waals surface area (Å²) >= 11 is 0. The zero-order valence-corrected chi connectivity index (χ0v) is 38.2. The van der Waals surface area contributed by atoms with Crippen LogP contribution in [0.5, 0.6) is 0 Å². The van der Waals surface area contributed by atoms with Gasteiger partial charge in [0, 0.05) is 36.4 Å². The number of hydrogen-bond donors (Lipinski definition) is 4. The Kier molecular flexibility index (Phi) is 10.8. The lowest BCUT2D eigenvalue weighted by molar-refractivity contribution is -0.236. The summed E-state index contributed by atoms with van der Waals surface area (Å²) in [4.78, 5) is 70.7. The molecule has 5 N–H and O–H groups in total. The second kappa shape index (κ2) is 14.7. The summed E-state index contributed by atoms with van der Waals surface area (Å²) < 4.78 is 6.42. The monoisotopic (exact) mass is 829 g/mol. The van der Waals surface area contributed by atoms with Gasteiger partial charge in [0.25, 0.3) is 5.91 Å². The van der Waals surface area contributed by atoms with Gasteiger partial charge in [0.15, 0.2) is 5.78 Å². The third kappa shape index (κ3) is 6.81. The molecule has 11 nitrogen and oxygen atoms in total. The first-order valence-electron chi connectivity index (χ1n) is 22.8. The number of aliphatic carboxylic acids is 1. The van der Waals surface area contributed by atoms with Crippen LogP contribution in [-0.2, 0) is 23.9 Å². The Morgan fingerprint density at radius 2 is 1.60 bits per heavy atom. The summed E-state index contributed by atoms with van der Waals surface area (Å²) in [6.45, 7) is 24.2. The standard InChI is InChI=1S/C49H72N4O7/c1-27(2)38-32(54)23-49(24-37(55)52-26-43(3,4)53-40(56)28-12-15-36(50)51-25-28)21-20-47(10)29(39(38)49)13-14-34-46(9)18-17-35(45(7,8)33(46)16-19-48(34,47)11)60-42(59)31-22-30(41(57)58)44(31,5)6/h12,15,25,27,29-31,33-35H,13-14,16-24,26H2,1-11H3,(H2,50,51)(H,52,55)(H,53,56)(H,57,58)/t29-,30+,31-,33+,34-,35+,46+,47-,48-,49+/m1/s1. The molecule has 10 atom stereocenters. The van der Waals surface area contributed by atoms with Crippen molar-refractivity contribution >= 4 is 35.4 Å². The normalized spacial score (nSPS) is 37.8. The molecule has 0 aliphatic heterocycles. The molecule has 5 saturated carbocycles. The van der Waals surface area contributed by atoms with Crippen molar-refractivity contribution in [2.45, 2.75) is 158 Å². The molecule has 330 valence electrons. The lowest BCUT2D eigenvalue weighted by Gasteiger charge is -2.72. The summed E-state index contributed by atoms with van der Waals surface area (Å²) in [6, 6.07) is 3.21. The van der Waals surface area contributed by atoms with Crippen molar-refractivity contribution in [1.82, 2.24) is 15.6 Å². The Morgan fingerprint density at radius 1 is 0.900 bits per heavy atom. The number of carboxylic acid groups (broad SMARTS) is 1. The molecule has 11 heteroatoms. The molecule has 1 aromatic rings. The van der Waals surface area contributed by atoms with Crippen LogP contribution in [0, 0.1) is 68.0 Å². The predicted octanol–water partition coefficient (Wildman–Crippen LogP) is 8.32. The number of carbonyl (C=O) groups excluding carboxylic acids is 4. The average Bonchev–Trinajstić information content (AvgIpc) is 3.43. The highest BCUT2D eigenvalue weighted by atomic mass is 16.5. The number of anilines is 1. The topological polar surface area (TPSA) is 178 Å². The fraction of sp³-hybridized carbons (Fsp3) is 0.755. The molecule has 60 heavy (non-hydrogen) atoms. The first-order valence-corrected chi connectivity index (χ1v) is 22.8. The molecular weight excluding hydrogens is 757 g/mol. The highest BCUT2D eigenvalue weighted by molar-refractivity contribution is 6.01. The minimum Gasteiger partial charge on any atom is -0.481 e. The minimum absolute atomic E-state index is 0.0138. The molecular formula is C49H72N4O7. The maximum Gasteiger partial charge on any atom is 0.309 e. The van der Waals surface area contributed by atoms with Crippen LogP contribution in [-0.4, -0.2) is 57.8 Å². The number of nitrogens with two attached hydrogens (primary N) is 1. The van der Waals surface area contributed by atoms with Gasteiger partial charge in [0.05, 0.1) is 22.9 Å². The van der Waals surface area contributed by atoms with E-state index in [-0.39, 0.29) is 76.1 Å². The number of amides is 2. The van der Waals surface area contributed by atoms with Crippen LogP contribution in [0.15, 0.2) is 29.5 Å². The van der Waals surface area contributed by atoms with Gasteiger partial charge in [-0.25, -0.2) is 4.98 Å². The number of Topliss-reactive ketones (excluding diaryl/α,β-unsaturated/α-hetero) is 1. The summed E-state index contributed by atoms with van der Waals surface area (Å²) in [7, 11) is 0. The number of fused-ring (bicyclic) bond motifs is 7. The van der Waals surface area contributed by atoms with Gasteiger partial charge < -0.3 is 26.2 Å². The van der Waals surface area contributed by atoms with E-state index in [9.17, 15) is 29.1 Å². The molecule has 6 aliphatic carbocycles. The van der Waals surface area contributed by atoms with Crippen LogP contribution in [0.2, 0.25) is 0 Å². The molecule has 1 aromatic heterocycles. The van der Waals surface area contributed by atoms with Crippen molar-refractivity contribution < 1.29 is 33.8 Å².